The van der Waals surface area contributed by atoms with Crippen LogP contribution in [0, 0.1) is 6.92 Å². The number of alkyl carbamates (subject to hydrolysis) is 1. The van der Waals surface area contributed by atoms with Gasteiger partial charge < -0.3 is 15.2 Å². The van der Waals surface area contributed by atoms with Gasteiger partial charge in [0, 0.05) is 0 Å². The number of aryl methyl sites for hydroxylation is 1. The molecule has 4 aromatic rings. The second-order valence-electron chi connectivity index (χ2n) is 9.87. The van der Waals surface area contributed by atoms with Crippen molar-refractivity contribution in [1.82, 2.24) is 10.6 Å². The van der Waals surface area contributed by atoms with Gasteiger partial charge >= 0.3 is 12.1 Å². The van der Waals surface area contributed by atoms with Crippen molar-refractivity contribution in [2.45, 2.75) is 44.4 Å². The van der Waals surface area contributed by atoms with Crippen LogP contribution >= 0.6 is 0 Å². The van der Waals surface area contributed by atoms with E-state index in [4.69, 9.17) is 4.74 Å². The van der Waals surface area contributed by atoms with E-state index in [0.29, 0.717) is 19.4 Å². The number of unbranched alkanes of at least 4 members (excludes halogenated alkanes) is 1. The van der Waals surface area contributed by atoms with Crippen molar-refractivity contribution in [2.75, 3.05) is 6.54 Å². The molecule has 206 valence electrons. The van der Waals surface area contributed by atoms with Gasteiger partial charge in [0.15, 0.2) is 0 Å². The van der Waals surface area contributed by atoms with Gasteiger partial charge in [-0.2, -0.15) is 0 Å². The largest absolute Gasteiger partial charge is 0.480 e. The fourth-order valence-electron chi connectivity index (χ4n) is 4.90. The fraction of sp³-hybridized carbons (Fsp3) is 0.235. The molecule has 0 saturated heterocycles. The Hall–Kier alpha value is -4.42. The number of nitrogens with one attached hydrogen (secondary N) is 2. The van der Waals surface area contributed by atoms with Crippen molar-refractivity contribution in [3.63, 3.8) is 0 Å². The predicted octanol–water partition coefficient (Wildman–Crippen LogP) is 6.43. The summed E-state index contributed by atoms with van der Waals surface area (Å²) in [4.78, 5) is 24.1. The Balaban J connectivity index is 1.42. The normalized spacial score (nSPS) is 11.9. The molecule has 0 aliphatic carbocycles. The van der Waals surface area contributed by atoms with Crippen LogP contribution in [-0.4, -0.2) is 29.8 Å². The lowest BCUT2D eigenvalue weighted by atomic mass is 9.76. The summed E-state index contributed by atoms with van der Waals surface area (Å²) in [6, 6.07) is 37.5. The standard InChI is InChI=1S/C34H36N2O4/c1-26-20-22-30(23-21-26)34(28-15-7-3-8-16-28,29-17-9-4-10-18-29)35-24-12-11-19-31(32(37)38)36-33(39)40-25-27-13-5-2-6-14-27/h2-10,13-18,20-23,31,35H,11-12,19,24-25H2,1H3,(H,36,39)(H,37,38). The summed E-state index contributed by atoms with van der Waals surface area (Å²) in [6.07, 6.45) is 0.890. The number of ether oxygens (including phenoxy) is 1. The highest BCUT2D eigenvalue weighted by Gasteiger charge is 2.35. The molecule has 1 unspecified atom stereocenters. The van der Waals surface area contributed by atoms with E-state index in [1.807, 2.05) is 66.7 Å². The van der Waals surface area contributed by atoms with E-state index < -0.39 is 23.6 Å². The average Bonchev–Trinajstić information content (AvgIpc) is 2.99. The molecule has 0 radical (unpaired) electrons. The van der Waals surface area contributed by atoms with Crippen molar-refractivity contribution in [2.24, 2.45) is 0 Å². The van der Waals surface area contributed by atoms with Gasteiger partial charge in [-0.1, -0.05) is 121 Å². The highest BCUT2D eigenvalue weighted by Crippen LogP contribution is 2.37. The smallest absolute Gasteiger partial charge is 0.408 e. The Bertz CT molecular complexity index is 1300. The van der Waals surface area contributed by atoms with E-state index in [1.165, 1.54) is 5.56 Å². The van der Waals surface area contributed by atoms with Crippen LogP contribution in [-0.2, 0) is 21.7 Å². The van der Waals surface area contributed by atoms with Crippen molar-refractivity contribution in [3.8, 4) is 0 Å². The molecule has 0 saturated carbocycles. The highest BCUT2D eigenvalue weighted by molar-refractivity contribution is 5.79. The van der Waals surface area contributed by atoms with Crippen LogP contribution in [0.4, 0.5) is 4.79 Å². The van der Waals surface area contributed by atoms with Crippen molar-refractivity contribution >= 4 is 12.1 Å². The molecule has 1 atom stereocenters. The van der Waals surface area contributed by atoms with Gasteiger partial charge in [0.1, 0.15) is 12.6 Å². The average molecular weight is 537 g/mol. The maximum atomic E-state index is 12.2. The molecule has 0 aliphatic rings. The van der Waals surface area contributed by atoms with Crippen LogP contribution < -0.4 is 10.6 Å². The van der Waals surface area contributed by atoms with Crippen molar-refractivity contribution < 1.29 is 19.4 Å². The topological polar surface area (TPSA) is 87.7 Å². The molecule has 4 rings (SSSR count). The number of carboxylic acid groups (broad SMARTS) is 1. The predicted molar refractivity (Wildman–Crippen MR) is 157 cm³/mol. The lowest BCUT2D eigenvalue weighted by Gasteiger charge is -2.37. The van der Waals surface area contributed by atoms with E-state index in [1.54, 1.807) is 0 Å². The molecule has 6 heteroatoms. The third-order valence-corrected chi connectivity index (χ3v) is 7.01. The Labute approximate surface area is 236 Å². The van der Waals surface area contributed by atoms with Crippen LogP contribution in [0.25, 0.3) is 0 Å². The molecule has 0 spiro atoms. The SMILES string of the molecule is Cc1ccc(C(NCCCCC(NC(=O)OCc2ccccc2)C(=O)O)(c2ccccc2)c2ccccc2)cc1. The van der Waals surface area contributed by atoms with Gasteiger partial charge in [-0.05, 0) is 55.0 Å². The molecule has 0 fully saturated rings. The maximum Gasteiger partial charge on any atom is 0.408 e. The number of benzene rings is 4. The second kappa shape index (κ2) is 14.1. The van der Waals surface area contributed by atoms with Crippen molar-refractivity contribution in [3.05, 3.63) is 143 Å². The van der Waals surface area contributed by atoms with E-state index in [9.17, 15) is 14.7 Å². The lowest BCUT2D eigenvalue weighted by Crippen LogP contribution is -2.45. The van der Waals surface area contributed by atoms with E-state index >= 15 is 0 Å². The Kier molecular flexibility index (Phi) is 10.1. The van der Waals surface area contributed by atoms with Gasteiger partial charge in [0.05, 0.1) is 5.54 Å². The molecular formula is C34H36N2O4. The fourth-order valence-corrected chi connectivity index (χ4v) is 4.90. The Morgan fingerprint density at radius 2 is 1.27 bits per heavy atom. The summed E-state index contributed by atoms with van der Waals surface area (Å²) in [5, 5.41) is 16.0. The van der Waals surface area contributed by atoms with E-state index in [0.717, 1.165) is 28.7 Å². The summed E-state index contributed by atoms with van der Waals surface area (Å²) in [5.74, 6) is -1.08. The van der Waals surface area contributed by atoms with Crippen LogP contribution in [0.1, 0.15) is 47.1 Å². The maximum absolute atomic E-state index is 12.2. The van der Waals surface area contributed by atoms with Crippen LogP contribution in [0.5, 0.6) is 0 Å². The lowest BCUT2D eigenvalue weighted by molar-refractivity contribution is -0.139. The quantitative estimate of drug-likeness (QED) is 0.135. The molecule has 0 aromatic heterocycles. The Morgan fingerprint density at radius 3 is 1.82 bits per heavy atom. The second-order valence-corrected chi connectivity index (χ2v) is 9.87. The molecule has 1 amide bonds. The van der Waals surface area contributed by atoms with E-state index in [2.05, 4.69) is 66.1 Å². The van der Waals surface area contributed by atoms with E-state index in [-0.39, 0.29) is 6.61 Å². The first-order valence-electron chi connectivity index (χ1n) is 13.6. The van der Waals surface area contributed by atoms with Crippen molar-refractivity contribution in [1.29, 1.82) is 0 Å². The summed E-state index contributed by atoms with van der Waals surface area (Å²) in [6.45, 7) is 2.81. The molecule has 6 nitrogen and oxygen atoms in total. The first kappa shape index (κ1) is 28.6. The zero-order valence-corrected chi connectivity index (χ0v) is 22.8. The summed E-state index contributed by atoms with van der Waals surface area (Å²) in [7, 11) is 0. The summed E-state index contributed by atoms with van der Waals surface area (Å²) in [5.41, 5.74) is 4.81. The Morgan fingerprint density at radius 1 is 0.750 bits per heavy atom. The third kappa shape index (κ3) is 7.36. The molecule has 3 N–H and O–H groups in total. The first-order valence-corrected chi connectivity index (χ1v) is 13.6. The minimum atomic E-state index is -1.08. The third-order valence-electron chi connectivity index (χ3n) is 7.01. The minimum absolute atomic E-state index is 0.0863. The van der Waals surface area contributed by atoms with Gasteiger partial charge in [0.25, 0.3) is 0 Å². The summed E-state index contributed by atoms with van der Waals surface area (Å²) >= 11 is 0. The molecule has 0 heterocycles. The zero-order chi connectivity index (χ0) is 28.2. The number of carbonyl (C=O) groups excluding carboxylic acids is 1. The van der Waals surface area contributed by atoms with Crippen LogP contribution in [0.15, 0.2) is 115 Å². The van der Waals surface area contributed by atoms with Crippen LogP contribution in [0.3, 0.4) is 0 Å². The van der Waals surface area contributed by atoms with Gasteiger partial charge in [-0.25, -0.2) is 9.59 Å². The first-order chi connectivity index (χ1) is 19.5. The van der Waals surface area contributed by atoms with Gasteiger partial charge in [-0.15, -0.1) is 0 Å². The van der Waals surface area contributed by atoms with Crippen LogP contribution in [0.2, 0.25) is 0 Å². The number of carbonyl (C=O) groups is 2. The van der Waals surface area contributed by atoms with Gasteiger partial charge in [-0.3, -0.25) is 5.32 Å². The number of amides is 1. The zero-order valence-electron chi connectivity index (χ0n) is 22.8. The number of carboxylic acids is 1. The number of aliphatic carboxylic acids is 1. The minimum Gasteiger partial charge on any atom is -0.480 e. The summed E-state index contributed by atoms with van der Waals surface area (Å²) < 4.78 is 5.21. The number of rotatable bonds is 13. The number of hydrogen-bond acceptors (Lipinski definition) is 4. The molecule has 4 aromatic carbocycles. The van der Waals surface area contributed by atoms with Gasteiger partial charge in [0.2, 0.25) is 0 Å². The monoisotopic (exact) mass is 536 g/mol. The molecule has 0 bridgehead atoms. The molecule has 0 aliphatic heterocycles. The molecular weight excluding hydrogens is 500 g/mol. The number of hydrogen-bond donors (Lipinski definition) is 3. The highest BCUT2D eigenvalue weighted by atomic mass is 16.5. The molecule has 40 heavy (non-hydrogen) atoms.